The van der Waals surface area contributed by atoms with Gasteiger partial charge >= 0.3 is 0 Å². The Morgan fingerprint density at radius 1 is 1.10 bits per heavy atom. The van der Waals surface area contributed by atoms with Crippen molar-refractivity contribution in [3.8, 4) is 0 Å². The molecule has 2 N–H and O–H groups in total. The van der Waals surface area contributed by atoms with Crippen molar-refractivity contribution in [1.82, 2.24) is 15.5 Å². The lowest BCUT2D eigenvalue weighted by atomic mass is 10.00. The van der Waals surface area contributed by atoms with E-state index in [-0.39, 0.29) is 42.5 Å². The molecule has 0 unspecified atom stereocenters. The zero-order valence-corrected chi connectivity index (χ0v) is 16.8. The van der Waals surface area contributed by atoms with Gasteiger partial charge in [0, 0.05) is 19.0 Å². The summed E-state index contributed by atoms with van der Waals surface area (Å²) in [6, 6.07) is 10.7. The first-order valence-electron chi connectivity index (χ1n) is 10.1. The molecular formula is C23H24FN3O3. The predicted molar refractivity (Wildman–Crippen MR) is 109 cm³/mol. The van der Waals surface area contributed by atoms with Crippen LogP contribution < -0.4 is 10.6 Å². The maximum Gasteiger partial charge on any atom is 0.251 e. The van der Waals surface area contributed by atoms with Crippen molar-refractivity contribution in [3.05, 3.63) is 70.5 Å². The Kier molecular flexibility index (Phi) is 5.53. The van der Waals surface area contributed by atoms with Gasteiger partial charge in [0.05, 0.1) is 18.6 Å². The standard InChI is InChI=1S/C23H24FN3O3/c1-27-21(29)12-19(22(27)15-7-9-18(24)10-8-15)26-20(28)13-25-23(30)17-6-5-14-3-2-4-16(14)11-17/h5-11,19,22H,2-4,12-13H2,1H3,(H,25,30)(H,26,28)/t19-,22-/m1/s1. The number of benzene rings is 2. The first-order valence-corrected chi connectivity index (χ1v) is 10.1. The van der Waals surface area contributed by atoms with E-state index in [0.29, 0.717) is 5.56 Å². The number of halogens is 1. The fourth-order valence-electron chi connectivity index (χ4n) is 4.35. The number of carbonyl (C=O) groups is 3. The van der Waals surface area contributed by atoms with Gasteiger partial charge < -0.3 is 15.5 Å². The molecule has 1 fully saturated rings. The quantitative estimate of drug-likeness (QED) is 0.794. The van der Waals surface area contributed by atoms with Gasteiger partial charge in [-0.15, -0.1) is 0 Å². The summed E-state index contributed by atoms with van der Waals surface area (Å²) in [7, 11) is 1.66. The lowest BCUT2D eigenvalue weighted by Gasteiger charge is -2.26. The number of amides is 3. The van der Waals surface area contributed by atoms with Gasteiger partial charge in [0.2, 0.25) is 11.8 Å². The molecule has 0 radical (unpaired) electrons. The highest BCUT2D eigenvalue weighted by molar-refractivity contribution is 5.96. The average molecular weight is 409 g/mol. The normalized spacial score (nSPS) is 20.2. The highest BCUT2D eigenvalue weighted by Gasteiger charge is 2.39. The highest BCUT2D eigenvalue weighted by Crippen LogP contribution is 2.32. The van der Waals surface area contributed by atoms with Crippen molar-refractivity contribution >= 4 is 17.7 Å². The molecule has 30 heavy (non-hydrogen) atoms. The van der Waals surface area contributed by atoms with E-state index in [9.17, 15) is 18.8 Å². The molecule has 2 atom stereocenters. The number of hydrogen-bond donors (Lipinski definition) is 2. The number of fused-ring (bicyclic) bond motifs is 1. The summed E-state index contributed by atoms with van der Waals surface area (Å²) >= 11 is 0. The van der Waals surface area contributed by atoms with Gasteiger partial charge in [0.1, 0.15) is 5.82 Å². The van der Waals surface area contributed by atoms with Crippen molar-refractivity contribution in [2.45, 2.75) is 37.8 Å². The average Bonchev–Trinajstić information content (AvgIpc) is 3.31. The zero-order chi connectivity index (χ0) is 21.3. The molecule has 1 aliphatic carbocycles. The summed E-state index contributed by atoms with van der Waals surface area (Å²) < 4.78 is 13.3. The van der Waals surface area contributed by atoms with Crippen LogP contribution in [0.15, 0.2) is 42.5 Å². The van der Waals surface area contributed by atoms with E-state index in [1.165, 1.54) is 23.3 Å². The fourth-order valence-corrected chi connectivity index (χ4v) is 4.35. The van der Waals surface area contributed by atoms with Crippen LogP contribution in [0.4, 0.5) is 4.39 Å². The van der Waals surface area contributed by atoms with Crippen LogP contribution in [-0.4, -0.2) is 42.3 Å². The molecule has 7 heteroatoms. The number of rotatable bonds is 5. The lowest BCUT2D eigenvalue weighted by Crippen LogP contribution is -2.44. The lowest BCUT2D eigenvalue weighted by molar-refractivity contribution is -0.127. The molecule has 0 saturated carbocycles. The molecule has 2 aliphatic rings. The third-order valence-electron chi connectivity index (χ3n) is 5.91. The van der Waals surface area contributed by atoms with Crippen molar-refractivity contribution in [2.75, 3.05) is 13.6 Å². The number of nitrogens with one attached hydrogen (secondary N) is 2. The SMILES string of the molecule is CN1C(=O)C[C@@H](NC(=O)CNC(=O)c2ccc3c(c2)CCC3)[C@H]1c1ccc(F)cc1. The van der Waals surface area contributed by atoms with E-state index < -0.39 is 6.04 Å². The smallest absolute Gasteiger partial charge is 0.251 e. The van der Waals surface area contributed by atoms with Gasteiger partial charge in [0.15, 0.2) is 0 Å². The monoisotopic (exact) mass is 409 g/mol. The van der Waals surface area contributed by atoms with Crippen LogP contribution in [0.3, 0.4) is 0 Å². The Morgan fingerprint density at radius 2 is 1.83 bits per heavy atom. The maximum atomic E-state index is 13.3. The van der Waals surface area contributed by atoms with E-state index in [1.807, 2.05) is 12.1 Å². The first-order chi connectivity index (χ1) is 14.4. The minimum absolute atomic E-state index is 0.100. The topological polar surface area (TPSA) is 78.5 Å². The molecule has 0 bridgehead atoms. The summed E-state index contributed by atoms with van der Waals surface area (Å²) in [6.07, 6.45) is 3.28. The van der Waals surface area contributed by atoms with E-state index in [0.717, 1.165) is 24.8 Å². The van der Waals surface area contributed by atoms with Gasteiger partial charge in [-0.1, -0.05) is 18.2 Å². The van der Waals surface area contributed by atoms with Gasteiger partial charge in [-0.25, -0.2) is 4.39 Å². The van der Waals surface area contributed by atoms with Crippen molar-refractivity contribution in [1.29, 1.82) is 0 Å². The predicted octanol–water partition coefficient (Wildman–Crippen LogP) is 2.13. The number of hydrogen-bond acceptors (Lipinski definition) is 3. The van der Waals surface area contributed by atoms with Gasteiger partial charge in [0.25, 0.3) is 5.91 Å². The summed E-state index contributed by atoms with van der Waals surface area (Å²) in [5, 5.41) is 5.49. The van der Waals surface area contributed by atoms with Crippen LogP contribution in [0.5, 0.6) is 0 Å². The second-order valence-electron chi connectivity index (χ2n) is 7.90. The Bertz CT molecular complexity index is 990. The molecular weight excluding hydrogens is 385 g/mol. The number of aryl methyl sites for hydroxylation is 2. The van der Waals surface area contributed by atoms with Crippen LogP contribution in [0.25, 0.3) is 0 Å². The largest absolute Gasteiger partial charge is 0.349 e. The molecule has 156 valence electrons. The molecule has 0 spiro atoms. The Hall–Kier alpha value is -3.22. The molecule has 1 heterocycles. The molecule has 6 nitrogen and oxygen atoms in total. The zero-order valence-electron chi connectivity index (χ0n) is 16.8. The molecule has 1 saturated heterocycles. The first kappa shape index (κ1) is 20.1. The number of likely N-dealkylation sites (N-methyl/N-ethyl adjacent to an activating group) is 1. The van der Waals surface area contributed by atoms with Crippen LogP contribution in [0, 0.1) is 5.82 Å². The highest BCUT2D eigenvalue weighted by atomic mass is 19.1. The number of nitrogens with zero attached hydrogens (tertiary/aromatic N) is 1. The third kappa shape index (κ3) is 4.06. The summed E-state index contributed by atoms with van der Waals surface area (Å²) in [6.45, 7) is -0.180. The van der Waals surface area contributed by atoms with E-state index in [2.05, 4.69) is 10.6 Å². The molecule has 3 amide bonds. The van der Waals surface area contributed by atoms with Gasteiger partial charge in [-0.3, -0.25) is 14.4 Å². The summed E-state index contributed by atoms with van der Waals surface area (Å²) in [4.78, 5) is 38.6. The van der Waals surface area contributed by atoms with Gasteiger partial charge in [-0.05, 0) is 60.2 Å². The van der Waals surface area contributed by atoms with Gasteiger partial charge in [-0.2, -0.15) is 0 Å². The van der Waals surface area contributed by atoms with E-state index in [1.54, 1.807) is 30.1 Å². The summed E-state index contributed by atoms with van der Waals surface area (Å²) in [5.41, 5.74) is 3.77. The van der Waals surface area contributed by atoms with Crippen LogP contribution in [0.1, 0.15) is 45.9 Å². The van der Waals surface area contributed by atoms with Crippen molar-refractivity contribution in [3.63, 3.8) is 0 Å². The van der Waals surface area contributed by atoms with Crippen LogP contribution >= 0.6 is 0 Å². The second-order valence-corrected chi connectivity index (χ2v) is 7.90. The number of likely N-dealkylation sites (tertiary alicyclic amines) is 1. The maximum absolute atomic E-state index is 13.3. The Labute approximate surface area is 174 Å². The minimum Gasteiger partial charge on any atom is -0.349 e. The van der Waals surface area contributed by atoms with Crippen LogP contribution in [-0.2, 0) is 22.4 Å². The Morgan fingerprint density at radius 3 is 2.60 bits per heavy atom. The molecule has 1 aliphatic heterocycles. The van der Waals surface area contributed by atoms with Crippen molar-refractivity contribution < 1.29 is 18.8 Å². The molecule has 4 rings (SSSR count). The van der Waals surface area contributed by atoms with E-state index >= 15 is 0 Å². The minimum atomic E-state index is -0.447. The molecule has 2 aromatic rings. The molecule has 2 aromatic carbocycles. The molecule has 0 aromatic heterocycles. The fraction of sp³-hybridized carbons (Fsp3) is 0.348. The third-order valence-corrected chi connectivity index (χ3v) is 5.91. The number of carbonyl (C=O) groups excluding carboxylic acids is 3. The Balaban J connectivity index is 1.37. The summed E-state index contributed by atoms with van der Waals surface area (Å²) in [5.74, 6) is -1.13. The van der Waals surface area contributed by atoms with Crippen molar-refractivity contribution in [2.24, 2.45) is 0 Å². The second kappa shape index (κ2) is 8.26. The van der Waals surface area contributed by atoms with Crippen LogP contribution in [0.2, 0.25) is 0 Å². The van der Waals surface area contributed by atoms with E-state index in [4.69, 9.17) is 0 Å².